The number of amides is 1. The van der Waals surface area contributed by atoms with E-state index in [4.69, 9.17) is 4.74 Å². The van der Waals surface area contributed by atoms with Gasteiger partial charge in [-0.3, -0.25) is 9.36 Å². The Bertz CT molecular complexity index is 987. The number of aromatic nitrogens is 3. The van der Waals surface area contributed by atoms with Crippen LogP contribution in [0.15, 0.2) is 72.4 Å². The Labute approximate surface area is 187 Å². The van der Waals surface area contributed by atoms with Gasteiger partial charge in [-0.1, -0.05) is 67.2 Å². The first kappa shape index (κ1) is 22.6. The van der Waals surface area contributed by atoms with Gasteiger partial charge in [-0.2, -0.15) is 0 Å². The Balaban J connectivity index is 1.57. The SMILES string of the molecule is C=CCn1c(COc2ccc(CC)cc2)nnc1SCC(=O)NC(C)c1ccccc1. The predicted molar refractivity (Wildman–Crippen MR) is 124 cm³/mol. The number of rotatable bonds is 11. The first-order valence-corrected chi connectivity index (χ1v) is 11.3. The molecule has 0 aliphatic carbocycles. The molecule has 2 aromatic carbocycles. The maximum atomic E-state index is 12.4. The van der Waals surface area contributed by atoms with Crippen molar-refractivity contribution in [1.82, 2.24) is 20.1 Å². The molecule has 1 atom stereocenters. The normalized spacial score (nSPS) is 11.7. The molecular weight excluding hydrogens is 408 g/mol. The van der Waals surface area contributed by atoms with Gasteiger partial charge >= 0.3 is 0 Å². The lowest BCUT2D eigenvalue weighted by atomic mass is 10.1. The minimum Gasteiger partial charge on any atom is -0.486 e. The van der Waals surface area contributed by atoms with Gasteiger partial charge in [0.05, 0.1) is 11.8 Å². The molecule has 1 aromatic heterocycles. The van der Waals surface area contributed by atoms with Crippen molar-refractivity contribution in [2.75, 3.05) is 5.75 Å². The lowest BCUT2D eigenvalue weighted by Crippen LogP contribution is -2.28. The van der Waals surface area contributed by atoms with Crippen molar-refractivity contribution in [2.45, 2.75) is 44.6 Å². The van der Waals surface area contributed by atoms with E-state index in [0.29, 0.717) is 24.1 Å². The summed E-state index contributed by atoms with van der Waals surface area (Å²) in [6.45, 7) is 8.75. The van der Waals surface area contributed by atoms with Crippen LogP contribution in [0.1, 0.15) is 36.8 Å². The Morgan fingerprint density at radius 1 is 1.19 bits per heavy atom. The van der Waals surface area contributed by atoms with Crippen molar-refractivity contribution in [1.29, 1.82) is 0 Å². The lowest BCUT2D eigenvalue weighted by molar-refractivity contribution is -0.119. The number of nitrogens with zero attached hydrogens (tertiary/aromatic N) is 3. The summed E-state index contributed by atoms with van der Waals surface area (Å²) >= 11 is 1.35. The van der Waals surface area contributed by atoms with E-state index in [9.17, 15) is 4.79 Å². The second kappa shape index (κ2) is 11.4. The summed E-state index contributed by atoms with van der Waals surface area (Å²) in [5, 5.41) is 12.2. The number of nitrogens with one attached hydrogen (secondary N) is 1. The highest BCUT2D eigenvalue weighted by Gasteiger charge is 2.15. The van der Waals surface area contributed by atoms with Crippen molar-refractivity contribution >= 4 is 17.7 Å². The molecule has 31 heavy (non-hydrogen) atoms. The maximum absolute atomic E-state index is 12.4. The second-order valence-electron chi connectivity index (χ2n) is 7.07. The molecule has 0 aliphatic rings. The van der Waals surface area contributed by atoms with Gasteiger partial charge in [0.15, 0.2) is 11.0 Å². The zero-order valence-electron chi connectivity index (χ0n) is 18.0. The monoisotopic (exact) mass is 436 g/mol. The number of hydrogen-bond donors (Lipinski definition) is 1. The molecule has 0 aliphatic heterocycles. The van der Waals surface area contributed by atoms with Crippen LogP contribution < -0.4 is 10.1 Å². The Morgan fingerprint density at radius 2 is 1.94 bits per heavy atom. The third-order valence-corrected chi connectivity index (χ3v) is 5.78. The molecule has 0 bridgehead atoms. The summed E-state index contributed by atoms with van der Waals surface area (Å²) in [7, 11) is 0. The van der Waals surface area contributed by atoms with Crippen LogP contribution in [0.4, 0.5) is 0 Å². The number of benzene rings is 2. The minimum atomic E-state index is -0.0525. The molecule has 162 valence electrons. The number of carbonyl (C=O) groups excluding carboxylic acids is 1. The largest absolute Gasteiger partial charge is 0.486 e. The fourth-order valence-corrected chi connectivity index (χ4v) is 3.83. The molecule has 3 rings (SSSR count). The van der Waals surface area contributed by atoms with E-state index in [0.717, 1.165) is 17.7 Å². The smallest absolute Gasteiger partial charge is 0.230 e. The fourth-order valence-electron chi connectivity index (χ4n) is 3.05. The second-order valence-corrected chi connectivity index (χ2v) is 8.02. The van der Waals surface area contributed by atoms with Crippen LogP contribution in [0.3, 0.4) is 0 Å². The molecule has 0 fully saturated rings. The summed E-state index contributed by atoms with van der Waals surface area (Å²) in [5.74, 6) is 1.68. The lowest BCUT2D eigenvalue weighted by Gasteiger charge is -2.14. The average Bonchev–Trinajstić information content (AvgIpc) is 3.19. The highest BCUT2D eigenvalue weighted by molar-refractivity contribution is 7.99. The molecule has 3 aromatic rings. The standard InChI is InChI=1S/C24H28N4O2S/c1-4-15-28-22(16-30-21-13-11-19(5-2)12-14-21)26-27-24(28)31-17-23(29)25-18(3)20-9-7-6-8-10-20/h4,6-14,18H,1,5,15-17H2,2-3H3,(H,25,29). The maximum Gasteiger partial charge on any atom is 0.230 e. The van der Waals surface area contributed by atoms with Gasteiger partial charge < -0.3 is 10.1 Å². The van der Waals surface area contributed by atoms with Gasteiger partial charge in [-0.15, -0.1) is 16.8 Å². The van der Waals surface area contributed by atoms with Crippen molar-refractivity contribution in [3.8, 4) is 5.75 Å². The summed E-state index contributed by atoms with van der Waals surface area (Å²) in [6, 6.07) is 17.9. The fraction of sp³-hybridized carbons (Fsp3) is 0.292. The molecule has 1 amide bonds. The summed E-state index contributed by atoms with van der Waals surface area (Å²) in [4.78, 5) is 12.4. The number of ether oxygens (including phenoxy) is 1. The van der Waals surface area contributed by atoms with E-state index in [1.807, 2.05) is 54.0 Å². The topological polar surface area (TPSA) is 69.0 Å². The molecule has 0 saturated heterocycles. The van der Waals surface area contributed by atoms with Crippen LogP contribution in [0.5, 0.6) is 5.75 Å². The van der Waals surface area contributed by atoms with Crippen LogP contribution in [-0.4, -0.2) is 26.4 Å². The van der Waals surface area contributed by atoms with Crippen molar-refractivity contribution in [2.24, 2.45) is 0 Å². The highest BCUT2D eigenvalue weighted by atomic mass is 32.2. The van der Waals surface area contributed by atoms with Gasteiger partial charge in [-0.05, 0) is 36.6 Å². The van der Waals surface area contributed by atoms with Crippen molar-refractivity contribution in [3.63, 3.8) is 0 Å². The van der Waals surface area contributed by atoms with Gasteiger partial charge in [0.25, 0.3) is 0 Å². The highest BCUT2D eigenvalue weighted by Crippen LogP contribution is 2.20. The summed E-state index contributed by atoms with van der Waals surface area (Å²) in [6.07, 6.45) is 2.77. The predicted octanol–water partition coefficient (Wildman–Crippen LogP) is 4.58. The van der Waals surface area contributed by atoms with E-state index < -0.39 is 0 Å². The first-order valence-electron chi connectivity index (χ1n) is 10.3. The molecule has 0 radical (unpaired) electrons. The minimum absolute atomic E-state index is 0.0524. The molecule has 1 N–H and O–H groups in total. The Hall–Kier alpha value is -3.06. The quantitative estimate of drug-likeness (QED) is 0.352. The van der Waals surface area contributed by atoms with Gasteiger partial charge in [0.2, 0.25) is 5.91 Å². The van der Waals surface area contributed by atoms with Crippen LogP contribution >= 0.6 is 11.8 Å². The van der Waals surface area contributed by atoms with Crippen LogP contribution in [-0.2, 0) is 24.4 Å². The van der Waals surface area contributed by atoms with Crippen LogP contribution in [0.25, 0.3) is 0 Å². The Morgan fingerprint density at radius 3 is 2.61 bits per heavy atom. The van der Waals surface area contributed by atoms with E-state index >= 15 is 0 Å². The van der Waals surface area contributed by atoms with Gasteiger partial charge in [0.1, 0.15) is 12.4 Å². The molecule has 7 heteroatoms. The molecular formula is C24H28N4O2S. The first-order chi connectivity index (χ1) is 15.1. The molecule has 1 heterocycles. The van der Waals surface area contributed by atoms with E-state index in [-0.39, 0.29) is 17.7 Å². The average molecular weight is 437 g/mol. The number of aryl methyl sites for hydroxylation is 1. The summed E-state index contributed by atoms with van der Waals surface area (Å²) in [5.41, 5.74) is 2.34. The van der Waals surface area contributed by atoms with Gasteiger partial charge in [-0.25, -0.2) is 0 Å². The molecule has 0 spiro atoms. The third-order valence-electron chi connectivity index (χ3n) is 4.81. The van der Waals surface area contributed by atoms with Crippen molar-refractivity contribution in [3.05, 3.63) is 84.2 Å². The number of allylic oxidation sites excluding steroid dienone is 1. The van der Waals surface area contributed by atoms with E-state index in [1.165, 1.54) is 17.3 Å². The molecule has 1 unspecified atom stereocenters. The van der Waals surface area contributed by atoms with Gasteiger partial charge in [0, 0.05) is 6.54 Å². The molecule has 6 nitrogen and oxygen atoms in total. The van der Waals surface area contributed by atoms with Crippen LogP contribution in [0, 0.1) is 0 Å². The van der Waals surface area contributed by atoms with E-state index in [2.05, 4.69) is 41.1 Å². The summed E-state index contributed by atoms with van der Waals surface area (Å²) < 4.78 is 7.80. The van der Waals surface area contributed by atoms with Crippen molar-refractivity contribution < 1.29 is 9.53 Å². The number of thioether (sulfide) groups is 1. The third kappa shape index (κ3) is 6.46. The zero-order chi connectivity index (χ0) is 22.1. The molecule has 0 saturated carbocycles. The number of carbonyl (C=O) groups is 1. The number of hydrogen-bond acceptors (Lipinski definition) is 5. The van der Waals surface area contributed by atoms with E-state index in [1.54, 1.807) is 6.08 Å². The Kier molecular flexibility index (Phi) is 8.29. The zero-order valence-corrected chi connectivity index (χ0v) is 18.8. The van der Waals surface area contributed by atoms with Crippen LogP contribution in [0.2, 0.25) is 0 Å².